The Morgan fingerprint density at radius 1 is 1.15 bits per heavy atom. The number of halogens is 1. The van der Waals surface area contributed by atoms with Crippen LogP contribution in [0.2, 0.25) is 0 Å². The first-order valence-electron chi connectivity index (χ1n) is 11.2. The molecule has 0 unspecified atom stereocenters. The summed E-state index contributed by atoms with van der Waals surface area (Å²) in [6.45, 7) is 4.67. The van der Waals surface area contributed by atoms with Gasteiger partial charge in [-0.15, -0.1) is 12.4 Å². The molecule has 6 rings (SSSR count). The van der Waals surface area contributed by atoms with Gasteiger partial charge in [0.1, 0.15) is 12.0 Å². The van der Waals surface area contributed by atoms with Crippen molar-refractivity contribution in [1.82, 2.24) is 19.9 Å². The molecule has 0 spiro atoms. The van der Waals surface area contributed by atoms with Crippen molar-refractivity contribution in [2.24, 2.45) is 0 Å². The molecule has 1 aliphatic heterocycles. The molecule has 34 heavy (non-hydrogen) atoms. The Morgan fingerprint density at radius 3 is 2.74 bits per heavy atom. The fraction of sp³-hybridized carbons (Fsp3) is 0.375. The monoisotopic (exact) mass is 481 g/mol. The molecule has 0 amide bonds. The van der Waals surface area contributed by atoms with Crippen molar-refractivity contribution in [3.05, 3.63) is 53.3 Å². The number of ketones is 1. The van der Waals surface area contributed by atoms with E-state index >= 15 is 0 Å². The summed E-state index contributed by atoms with van der Waals surface area (Å²) in [7, 11) is 0. The standard InChI is InChI=1S/C24H23N5O4.ClH/c1-14-10-16(4-5-25-14)23-26-18(13-32-23)19(30)11-17-12-20-22(27-21(17)15-2-3-15)28-24(33-20)29-6-8-31-9-7-29;/h4-5,10,12-13,15H,2-3,6-9,11H2,1H3;1H. The lowest BCUT2D eigenvalue weighted by molar-refractivity contribution is 0.0988. The van der Waals surface area contributed by atoms with E-state index in [0.29, 0.717) is 48.0 Å². The van der Waals surface area contributed by atoms with Crippen LogP contribution in [-0.4, -0.2) is 52.0 Å². The number of aryl methyl sites for hydroxylation is 1. The van der Waals surface area contributed by atoms with Crippen molar-refractivity contribution in [2.45, 2.75) is 32.1 Å². The number of ether oxygens (including phenoxy) is 1. The highest BCUT2D eigenvalue weighted by atomic mass is 35.5. The lowest BCUT2D eigenvalue weighted by Crippen LogP contribution is -2.36. The minimum absolute atomic E-state index is 0. The van der Waals surface area contributed by atoms with Crippen LogP contribution in [0.3, 0.4) is 0 Å². The molecule has 4 aromatic heterocycles. The number of nitrogens with zero attached hydrogens (tertiary/aromatic N) is 5. The van der Waals surface area contributed by atoms with Crippen LogP contribution < -0.4 is 4.90 Å². The maximum absolute atomic E-state index is 13.1. The molecule has 4 aromatic rings. The number of hydrogen-bond acceptors (Lipinski definition) is 9. The van der Waals surface area contributed by atoms with Gasteiger partial charge < -0.3 is 18.5 Å². The van der Waals surface area contributed by atoms with Gasteiger partial charge in [0.15, 0.2) is 11.4 Å². The number of pyridine rings is 2. The number of carbonyl (C=O) groups is 1. The van der Waals surface area contributed by atoms with Crippen LogP contribution in [0.25, 0.3) is 22.7 Å². The van der Waals surface area contributed by atoms with Crippen LogP contribution >= 0.6 is 12.4 Å². The third kappa shape index (κ3) is 4.41. The zero-order valence-electron chi connectivity index (χ0n) is 18.7. The smallest absolute Gasteiger partial charge is 0.300 e. The van der Waals surface area contributed by atoms with Gasteiger partial charge in [-0.25, -0.2) is 9.97 Å². The Bertz CT molecular complexity index is 1340. The van der Waals surface area contributed by atoms with Crippen molar-refractivity contribution >= 4 is 35.4 Å². The highest BCUT2D eigenvalue weighted by Crippen LogP contribution is 2.42. The number of aromatic nitrogens is 4. The largest absolute Gasteiger partial charge is 0.444 e. The van der Waals surface area contributed by atoms with Crippen molar-refractivity contribution in [1.29, 1.82) is 0 Å². The van der Waals surface area contributed by atoms with E-state index in [0.717, 1.165) is 48.4 Å². The van der Waals surface area contributed by atoms with Gasteiger partial charge in [-0.1, -0.05) is 0 Å². The van der Waals surface area contributed by atoms with Gasteiger partial charge in [0.25, 0.3) is 6.01 Å². The topological polar surface area (TPSA) is 107 Å². The van der Waals surface area contributed by atoms with Crippen molar-refractivity contribution in [3.8, 4) is 11.5 Å². The van der Waals surface area contributed by atoms with Crippen LogP contribution in [0.5, 0.6) is 0 Å². The van der Waals surface area contributed by atoms with E-state index in [1.165, 1.54) is 6.26 Å². The predicted octanol–water partition coefficient (Wildman–Crippen LogP) is 4.14. The summed E-state index contributed by atoms with van der Waals surface area (Å²) in [5.74, 6) is 0.658. The summed E-state index contributed by atoms with van der Waals surface area (Å²) in [6.07, 6.45) is 5.44. The minimum Gasteiger partial charge on any atom is -0.444 e. The van der Waals surface area contributed by atoms with Gasteiger partial charge in [0.05, 0.1) is 13.2 Å². The number of fused-ring (bicyclic) bond motifs is 1. The third-order valence-electron chi connectivity index (χ3n) is 6.01. The Labute approximate surface area is 202 Å². The molecule has 176 valence electrons. The molecule has 9 nitrogen and oxygen atoms in total. The first kappa shape index (κ1) is 22.5. The molecule has 1 saturated heterocycles. The quantitative estimate of drug-likeness (QED) is 0.375. The number of oxazole rings is 2. The Hall–Kier alpha value is -3.30. The highest BCUT2D eigenvalue weighted by Gasteiger charge is 2.30. The van der Waals surface area contributed by atoms with E-state index in [-0.39, 0.29) is 24.6 Å². The molecule has 0 radical (unpaired) electrons. The summed E-state index contributed by atoms with van der Waals surface area (Å²) in [6, 6.07) is 6.16. The van der Waals surface area contributed by atoms with Crippen LogP contribution in [0, 0.1) is 6.92 Å². The van der Waals surface area contributed by atoms with Gasteiger partial charge in [-0.05, 0) is 43.5 Å². The molecule has 1 aliphatic carbocycles. The van der Waals surface area contributed by atoms with E-state index in [1.54, 1.807) is 6.20 Å². The average molecular weight is 482 g/mol. The molecule has 0 N–H and O–H groups in total. The van der Waals surface area contributed by atoms with E-state index < -0.39 is 0 Å². The van der Waals surface area contributed by atoms with E-state index in [1.807, 2.05) is 25.1 Å². The molecular weight excluding hydrogens is 458 g/mol. The first-order chi connectivity index (χ1) is 16.1. The van der Waals surface area contributed by atoms with Crippen LogP contribution in [0.4, 0.5) is 6.01 Å². The van der Waals surface area contributed by atoms with E-state index in [4.69, 9.17) is 18.6 Å². The molecule has 0 aromatic carbocycles. The zero-order chi connectivity index (χ0) is 22.4. The zero-order valence-corrected chi connectivity index (χ0v) is 19.5. The predicted molar refractivity (Wildman–Crippen MR) is 127 cm³/mol. The molecule has 10 heteroatoms. The normalized spacial score (nSPS) is 16.0. The van der Waals surface area contributed by atoms with Gasteiger partial charge in [-0.3, -0.25) is 9.78 Å². The fourth-order valence-corrected chi connectivity index (χ4v) is 4.12. The van der Waals surface area contributed by atoms with Gasteiger partial charge in [0.2, 0.25) is 11.5 Å². The molecular formula is C24H24ClN5O4. The number of carbonyl (C=O) groups excluding carboxylic acids is 1. The van der Waals surface area contributed by atoms with Crippen molar-refractivity contribution in [2.75, 3.05) is 31.2 Å². The van der Waals surface area contributed by atoms with Crippen molar-refractivity contribution < 1.29 is 18.4 Å². The van der Waals surface area contributed by atoms with Crippen LogP contribution in [-0.2, 0) is 11.2 Å². The lowest BCUT2D eigenvalue weighted by atomic mass is 10.0. The second kappa shape index (κ2) is 9.15. The van der Waals surface area contributed by atoms with Gasteiger partial charge >= 0.3 is 0 Å². The number of hydrogen-bond donors (Lipinski definition) is 0. The number of morpholine rings is 1. The fourth-order valence-electron chi connectivity index (χ4n) is 4.12. The number of rotatable bonds is 6. The third-order valence-corrected chi connectivity index (χ3v) is 6.01. The van der Waals surface area contributed by atoms with Crippen LogP contribution in [0.15, 0.2) is 39.5 Å². The van der Waals surface area contributed by atoms with Gasteiger partial charge in [-0.2, -0.15) is 4.98 Å². The number of anilines is 1. The summed E-state index contributed by atoms with van der Waals surface area (Å²) in [5, 5.41) is 0. The second-order valence-electron chi connectivity index (χ2n) is 8.55. The lowest BCUT2D eigenvalue weighted by Gasteiger charge is -2.24. The first-order valence-corrected chi connectivity index (χ1v) is 11.2. The molecule has 1 saturated carbocycles. The second-order valence-corrected chi connectivity index (χ2v) is 8.55. The summed E-state index contributed by atoms with van der Waals surface area (Å²) >= 11 is 0. The molecule has 0 atom stereocenters. The highest BCUT2D eigenvalue weighted by molar-refractivity contribution is 5.96. The van der Waals surface area contributed by atoms with E-state index in [9.17, 15) is 4.79 Å². The Morgan fingerprint density at radius 2 is 1.97 bits per heavy atom. The SMILES string of the molecule is Cc1cc(-c2nc(C(=O)Cc3cc4oc(N5CCOCC5)nc4nc3C3CC3)co2)ccn1.Cl. The molecule has 0 bridgehead atoms. The van der Waals surface area contributed by atoms with Crippen LogP contribution in [0.1, 0.15) is 46.2 Å². The molecule has 5 heterocycles. The Kier molecular flexibility index (Phi) is 6.05. The number of Topliss-reactive ketones (excluding diaryl/α,β-unsaturated/α-hetero) is 1. The molecule has 2 fully saturated rings. The van der Waals surface area contributed by atoms with E-state index in [2.05, 4.69) is 19.9 Å². The summed E-state index contributed by atoms with van der Waals surface area (Å²) < 4.78 is 17.0. The minimum atomic E-state index is -0.119. The van der Waals surface area contributed by atoms with Gasteiger partial charge in [0, 0.05) is 48.6 Å². The summed E-state index contributed by atoms with van der Waals surface area (Å²) in [5.41, 5.74) is 4.93. The Balaban J connectivity index is 0.00000241. The average Bonchev–Trinajstić information content (AvgIpc) is 3.39. The molecule has 2 aliphatic rings. The maximum Gasteiger partial charge on any atom is 0.300 e. The summed E-state index contributed by atoms with van der Waals surface area (Å²) in [4.78, 5) is 33.1. The van der Waals surface area contributed by atoms with Crippen molar-refractivity contribution in [3.63, 3.8) is 0 Å². The maximum atomic E-state index is 13.1.